The molecule has 6 heteroatoms. The number of nitrogens with zero attached hydrogens (tertiary/aromatic N) is 2. The van der Waals surface area contributed by atoms with Gasteiger partial charge in [-0.1, -0.05) is 35.5 Å². The topological polar surface area (TPSA) is 78.6 Å². The van der Waals surface area contributed by atoms with E-state index in [0.717, 1.165) is 31.6 Å². The van der Waals surface area contributed by atoms with Gasteiger partial charge in [0.15, 0.2) is 17.1 Å². The summed E-state index contributed by atoms with van der Waals surface area (Å²) < 4.78 is 5.38. The summed E-state index contributed by atoms with van der Waals surface area (Å²) in [7, 11) is 0. The van der Waals surface area contributed by atoms with E-state index >= 15 is 0 Å². The fourth-order valence-corrected chi connectivity index (χ4v) is 3.50. The number of rotatable bonds is 3. The van der Waals surface area contributed by atoms with E-state index in [0.29, 0.717) is 23.5 Å². The fourth-order valence-electron chi connectivity index (χ4n) is 3.50. The van der Waals surface area contributed by atoms with Gasteiger partial charge in [0.05, 0.1) is 0 Å². The van der Waals surface area contributed by atoms with Crippen molar-refractivity contribution < 1.29 is 14.4 Å². The van der Waals surface area contributed by atoms with E-state index in [1.807, 2.05) is 35.2 Å². The Morgan fingerprint density at radius 1 is 1.32 bits per heavy atom. The lowest BCUT2D eigenvalue weighted by Crippen LogP contribution is -2.30. The third kappa shape index (κ3) is 2.07. The molecular weight excluding hydrogens is 282 g/mol. The van der Waals surface area contributed by atoms with Crippen molar-refractivity contribution in [3.8, 4) is 11.3 Å². The average molecular weight is 299 g/mol. The van der Waals surface area contributed by atoms with Crippen LogP contribution in [0.1, 0.15) is 16.8 Å². The minimum absolute atomic E-state index is 0.158. The first-order valence-electron chi connectivity index (χ1n) is 7.51. The molecule has 0 amide bonds. The van der Waals surface area contributed by atoms with Crippen LogP contribution in [-0.2, 0) is 0 Å². The minimum Gasteiger partial charge on any atom is -0.477 e. The van der Waals surface area contributed by atoms with E-state index in [1.165, 1.54) is 0 Å². The third-order valence-electron chi connectivity index (χ3n) is 4.59. The molecule has 2 aliphatic rings. The van der Waals surface area contributed by atoms with Gasteiger partial charge in [-0.05, 0) is 18.9 Å². The lowest BCUT2D eigenvalue weighted by atomic mass is 10.1. The number of benzene rings is 1. The molecule has 4 rings (SSSR count). The largest absolute Gasteiger partial charge is 0.477 e. The molecular formula is C16H17N3O3. The van der Waals surface area contributed by atoms with E-state index in [2.05, 4.69) is 10.5 Å². The number of nitrogens with one attached hydrogen (secondary N) is 1. The second-order valence-electron chi connectivity index (χ2n) is 5.90. The first-order valence-corrected chi connectivity index (χ1v) is 7.51. The number of hydrogen-bond acceptors (Lipinski definition) is 5. The number of aromatic carboxylic acids is 1. The SMILES string of the molecule is O=C(O)c1c(N2C[C@@H]3CCN[C@@H]3C2)noc1-c1ccccc1. The van der Waals surface area contributed by atoms with E-state index in [4.69, 9.17) is 4.52 Å². The van der Waals surface area contributed by atoms with Crippen molar-refractivity contribution >= 4 is 11.8 Å². The van der Waals surface area contributed by atoms with Gasteiger partial charge in [0.1, 0.15) is 0 Å². The average Bonchev–Trinajstić information content (AvgIpc) is 3.21. The van der Waals surface area contributed by atoms with E-state index in [-0.39, 0.29) is 5.56 Å². The highest BCUT2D eigenvalue weighted by atomic mass is 16.5. The number of carboxylic acids is 1. The smallest absolute Gasteiger partial charge is 0.343 e. The molecule has 0 spiro atoms. The van der Waals surface area contributed by atoms with Gasteiger partial charge in [-0.15, -0.1) is 0 Å². The van der Waals surface area contributed by atoms with Gasteiger partial charge in [-0.3, -0.25) is 0 Å². The molecule has 114 valence electrons. The standard InChI is InChI=1S/C16H17N3O3/c20-16(21)13-14(10-4-2-1-3-5-10)22-18-15(13)19-8-11-6-7-17-12(11)9-19/h1-5,11-12,17H,6-9H2,(H,20,21)/t11-,12+/m0/s1. The van der Waals surface area contributed by atoms with Crippen LogP contribution in [0.25, 0.3) is 11.3 Å². The maximum absolute atomic E-state index is 11.7. The first kappa shape index (κ1) is 13.3. The van der Waals surface area contributed by atoms with Crippen molar-refractivity contribution in [3.63, 3.8) is 0 Å². The van der Waals surface area contributed by atoms with Gasteiger partial charge in [0.25, 0.3) is 0 Å². The number of carboxylic acid groups (broad SMARTS) is 1. The molecule has 2 saturated heterocycles. The van der Waals surface area contributed by atoms with Crippen LogP contribution in [0.2, 0.25) is 0 Å². The molecule has 2 N–H and O–H groups in total. The van der Waals surface area contributed by atoms with Gasteiger partial charge in [0.2, 0.25) is 0 Å². The Bertz CT molecular complexity index is 686. The molecule has 2 fully saturated rings. The molecule has 22 heavy (non-hydrogen) atoms. The Balaban J connectivity index is 1.72. The molecule has 6 nitrogen and oxygen atoms in total. The number of aromatic nitrogens is 1. The number of carbonyl (C=O) groups is 1. The molecule has 0 bridgehead atoms. The zero-order chi connectivity index (χ0) is 15.1. The van der Waals surface area contributed by atoms with Crippen molar-refractivity contribution in [1.29, 1.82) is 0 Å². The Morgan fingerprint density at radius 2 is 2.14 bits per heavy atom. The molecule has 3 heterocycles. The summed E-state index contributed by atoms with van der Waals surface area (Å²) in [6, 6.07) is 9.68. The maximum atomic E-state index is 11.7. The maximum Gasteiger partial charge on any atom is 0.343 e. The van der Waals surface area contributed by atoms with Crippen LogP contribution >= 0.6 is 0 Å². The van der Waals surface area contributed by atoms with Crippen LogP contribution in [0.3, 0.4) is 0 Å². The Morgan fingerprint density at radius 3 is 2.86 bits per heavy atom. The molecule has 2 atom stereocenters. The zero-order valence-electron chi connectivity index (χ0n) is 12.0. The molecule has 2 aliphatic heterocycles. The molecule has 1 aromatic carbocycles. The summed E-state index contributed by atoms with van der Waals surface area (Å²) in [6.45, 7) is 2.66. The predicted molar refractivity (Wildman–Crippen MR) is 81.0 cm³/mol. The van der Waals surface area contributed by atoms with E-state index < -0.39 is 5.97 Å². The molecule has 0 radical (unpaired) electrons. The van der Waals surface area contributed by atoms with Crippen molar-refractivity contribution in [1.82, 2.24) is 10.5 Å². The van der Waals surface area contributed by atoms with Crippen LogP contribution < -0.4 is 10.2 Å². The van der Waals surface area contributed by atoms with E-state index in [1.54, 1.807) is 0 Å². The zero-order valence-corrected chi connectivity index (χ0v) is 12.0. The number of fused-ring (bicyclic) bond motifs is 1. The normalized spacial score (nSPS) is 23.7. The number of hydrogen-bond donors (Lipinski definition) is 2. The molecule has 2 aromatic rings. The third-order valence-corrected chi connectivity index (χ3v) is 4.59. The quantitative estimate of drug-likeness (QED) is 0.900. The molecule has 0 unspecified atom stereocenters. The second kappa shape index (κ2) is 5.14. The molecule has 0 saturated carbocycles. The van der Waals surface area contributed by atoms with Crippen LogP contribution in [0.15, 0.2) is 34.9 Å². The highest BCUT2D eigenvalue weighted by molar-refractivity contribution is 5.99. The van der Waals surface area contributed by atoms with Gasteiger partial charge in [-0.2, -0.15) is 0 Å². The molecule has 0 aliphatic carbocycles. The predicted octanol–water partition coefficient (Wildman–Crippen LogP) is 1.84. The number of anilines is 1. The van der Waals surface area contributed by atoms with Gasteiger partial charge in [-0.25, -0.2) is 4.79 Å². The summed E-state index contributed by atoms with van der Waals surface area (Å²) in [4.78, 5) is 13.8. The summed E-state index contributed by atoms with van der Waals surface area (Å²) in [5.74, 6) is 0.342. The highest BCUT2D eigenvalue weighted by Crippen LogP contribution is 2.35. The van der Waals surface area contributed by atoms with Crippen molar-refractivity contribution in [2.45, 2.75) is 12.5 Å². The van der Waals surface area contributed by atoms with Crippen LogP contribution in [0.5, 0.6) is 0 Å². The van der Waals surface area contributed by atoms with Crippen molar-refractivity contribution in [2.75, 3.05) is 24.5 Å². The van der Waals surface area contributed by atoms with Crippen molar-refractivity contribution in [2.24, 2.45) is 5.92 Å². The second-order valence-corrected chi connectivity index (χ2v) is 5.90. The Kier molecular flexibility index (Phi) is 3.11. The first-order chi connectivity index (χ1) is 10.7. The lowest BCUT2D eigenvalue weighted by Gasteiger charge is -2.16. The molecule has 1 aromatic heterocycles. The Labute approximate surface area is 127 Å². The fraction of sp³-hybridized carbons (Fsp3) is 0.375. The van der Waals surface area contributed by atoms with Gasteiger partial charge in [0, 0.05) is 24.7 Å². The summed E-state index contributed by atoms with van der Waals surface area (Å²) in [5.41, 5.74) is 0.891. The lowest BCUT2D eigenvalue weighted by molar-refractivity contribution is 0.0698. The van der Waals surface area contributed by atoms with E-state index in [9.17, 15) is 9.90 Å². The van der Waals surface area contributed by atoms with Crippen molar-refractivity contribution in [3.05, 3.63) is 35.9 Å². The van der Waals surface area contributed by atoms with Crippen LogP contribution in [0.4, 0.5) is 5.82 Å². The van der Waals surface area contributed by atoms with Crippen LogP contribution in [0, 0.1) is 5.92 Å². The van der Waals surface area contributed by atoms with Gasteiger partial charge < -0.3 is 19.8 Å². The summed E-state index contributed by atoms with van der Waals surface area (Å²) in [6.07, 6.45) is 1.13. The summed E-state index contributed by atoms with van der Waals surface area (Å²) in [5, 5.41) is 17.1. The van der Waals surface area contributed by atoms with Gasteiger partial charge >= 0.3 is 5.97 Å². The summed E-state index contributed by atoms with van der Waals surface area (Å²) >= 11 is 0. The monoisotopic (exact) mass is 299 g/mol. The van der Waals surface area contributed by atoms with Crippen LogP contribution in [-0.4, -0.2) is 41.9 Å². The Hall–Kier alpha value is -2.34. The highest BCUT2D eigenvalue weighted by Gasteiger charge is 2.39. The minimum atomic E-state index is -1.000.